The fourth-order valence-corrected chi connectivity index (χ4v) is 1.80. The van der Waals surface area contributed by atoms with Crippen molar-refractivity contribution in [2.24, 2.45) is 0 Å². The monoisotopic (exact) mass is 270 g/mol. The lowest BCUT2D eigenvalue weighted by Gasteiger charge is -2.21. The first-order chi connectivity index (χ1) is 9.79. The summed E-state index contributed by atoms with van der Waals surface area (Å²) >= 11 is 0. The lowest BCUT2D eigenvalue weighted by Crippen LogP contribution is -2.29. The van der Waals surface area contributed by atoms with Crippen molar-refractivity contribution in [2.75, 3.05) is 23.5 Å². The van der Waals surface area contributed by atoms with E-state index in [1.807, 2.05) is 67.6 Å². The van der Waals surface area contributed by atoms with E-state index in [4.69, 9.17) is 4.84 Å². The summed E-state index contributed by atoms with van der Waals surface area (Å²) in [6.07, 6.45) is 0. The molecule has 0 atom stereocenters. The predicted octanol–water partition coefficient (Wildman–Crippen LogP) is 3.08. The Hall–Kier alpha value is -2.33. The number of carbonyl (C=O) groups is 1. The molecule has 1 N–H and O–H groups in total. The van der Waals surface area contributed by atoms with Gasteiger partial charge < -0.3 is 5.32 Å². The van der Waals surface area contributed by atoms with Crippen LogP contribution in [0.25, 0.3) is 0 Å². The zero-order chi connectivity index (χ0) is 14.2. The lowest BCUT2D eigenvalue weighted by atomic mass is 10.3. The van der Waals surface area contributed by atoms with E-state index in [1.165, 1.54) is 0 Å². The van der Waals surface area contributed by atoms with Crippen molar-refractivity contribution in [3.8, 4) is 0 Å². The number of hydroxylamine groups is 1. The third kappa shape index (κ3) is 4.10. The third-order valence-electron chi connectivity index (χ3n) is 2.74. The van der Waals surface area contributed by atoms with E-state index in [9.17, 15) is 4.79 Å². The van der Waals surface area contributed by atoms with Gasteiger partial charge in [-0.3, -0.25) is 14.7 Å². The maximum atomic E-state index is 11.8. The smallest absolute Gasteiger partial charge is 0.253 e. The Morgan fingerprint density at radius 3 is 2.25 bits per heavy atom. The average molecular weight is 270 g/mol. The van der Waals surface area contributed by atoms with Crippen LogP contribution in [0, 0.1) is 0 Å². The maximum absolute atomic E-state index is 11.8. The minimum atomic E-state index is -0.175. The quantitative estimate of drug-likeness (QED) is 0.820. The molecule has 0 aliphatic carbocycles. The first-order valence-electron chi connectivity index (χ1n) is 6.60. The number of anilines is 2. The number of nitrogens with one attached hydrogen (secondary N) is 1. The second-order valence-electron chi connectivity index (χ2n) is 4.22. The van der Waals surface area contributed by atoms with Crippen molar-refractivity contribution < 1.29 is 9.63 Å². The minimum Gasteiger partial charge on any atom is -0.324 e. The van der Waals surface area contributed by atoms with E-state index in [0.29, 0.717) is 6.54 Å². The van der Waals surface area contributed by atoms with E-state index in [0.717, 1.165) is 11.4 Å². The summed E-state index contributed by atoms with van der Waals surface area (Å²) in [5.74, 6) is -0.175. The highest BCUT2D eigenvalue weighted by Gasteiger charge is 2.08. The van der Waals surface area contributed by atoms with Crippen molar-refractivity contribution in [3.63, 3.8) is 0 Å². The van der Waals surface area contributed by atoms with Crippen molar-refractivity contribution in [1.82, 2.24) is 0 Å². The van der Waals surface area contributed by atoms with Gasteiger partial charge in [0.2, 0.25) is 0 Å². The molecule has 0 heterocycles. The van der Waals surface area contributed by atoms with Crippen LogP contribution in [0.15, 0.2) is 60.7 Å². The van der Waals surface area contributed by atoms with Crippen molar-refractivity contribution >= 4 is 17.3 Å². The molecular formula is C16H18N2O2. The van der Waals surface area contributed by atoms with Gasteiger partial charge in [-0.05, 0) is 31.2 Å². The summed E-state index contributed by atoms with van der Waals surface area (Å²) in [4.78, 5) is 17.3. The van der Waals surface area contributed by atoms with Crippen molar-refractivity contribution in [3.05, 3.63) is 60.7 Å². The molecule has 2 aromatic rings. The summed E-state index contributed by atoms with van der Waals surface area (Å²) in [5, 5.41) is 4.48. The third-order valence-corrected chi connectivity index (χ3v) is 2.74. The number of para-hydroxylation sites is 2. The van der Waals surface area contributed by atoms with Gasteiger partial charge >= 0.3 is 0 Å². The summed E-state index contributed by atoms with van der Waals surface area (Å²) in [7, 11) is 0. The molecular weight excluding hydrogens is 252 g/mol. The fraction of sp³-hybridized carbons (Fsp3) is 0.188. The predicted molar refractivity (Wildman–Crippen MR) is 80.5 cm³/mol. The van der Waals surface area contributed by atoms with Gasteiger partial charge in [0.1, 0.15) is 0 Å². The minimum absolute atomic E-state index is 0.0162. The first-order valence-corrected chi connectivity index (χ1v) is 6.60. The largest absolute Gasteiger partial charge is 0.324 e. The molecule has 104 valence electrons. The number of carbonyl (C=O) groups excluding carboxylic acids is 1. The SMILES string of the molecule is CCN(OCC(=O)Nc1ccccc1)c1ccccc1. The molecule has 0 radical (unpaired) electrons. The number of amides is 1. The number of benzene rings is 2. The van der Waals surface area contributed by atoms with Gasteiger partial charge in [-0.15, -0.1) is 0 Å². The van der Waals surface area contributed by atoms with Gasteiger partial charge in [-0.1, -0.05) is 36.4 Å². The Labute approximate surface area is 118 Å². The normalized spacial score (nSPS) is 10.1. The highest BCUT2D eigenvalue weighted by atomic mass is 16.7. The molecule has 0 fully saturated rings. The Balaban J connectivity index is 1.86. The van der Waals surface area contributed by atoms with E-state index in [2.05, 4.69) is 5.32 Å². The van der Waals surface area contributed by atoms with Gasteiger partial charge in [0.15, 0.2) is 6.61 Å². The van der Waals surface area contributed by atoms with Crippen LogP contribution < -0.4 is 10.4 Å². The Morgan fingerprint density at radius 1 is 1.05 bits per heavy atom. The maximum Gasteiger partial charge on any atom is 0.253 e. The van der Waals surface area contributed by atoms with Crippen LogP contribution in [0.5, 0.6) is 0 Å². The number of hydrogen-bond donors (Lipinski definition) is 1. The molecule has 1 amide bonds. The summed E-state index contributed by atoms with van der Waals surface area (Å²) < 4.78 is 0. The lowest BCUT2D eigenvalue weighted by molar-refractivity contribution is -0.121. The Kier molecular flexibility index (Phi) is 5.15. The molecule has 0 aromatic heterocycles. The molecule has 4 nitrogen and oxygen atoms in total. The summed E-state index contributed by atoms with van der Waals surface area (Å²) in [6, 6.07) is 19.0. The average Bonchev–Trinajstić information content (AvgIpc) is 2.50. The molecule has 2 rings (SSSR count). The van der Waals surface area contributed by atoms with Crippen LogP contribution in [0.3, 0.4) is 0 Å². The summed E-state index contributed by atoms with van der Waals surface area (Å²) in [6.45, 7) is 2.63. The van der Waals surface area contributed by atoms with Crippen LogP contribution in [0.1, 0.15) is 6.92 Å². The van der Waals surface area contributed by atoms with E-state index >= 15 is 0 Å². The molecule has 0 bridgehead atoms. The fourth-order valence-electron chi connectivity index (χ4n) is 1.80. The van der Waals surface area contributed by atoms with Crippen molar-refractivity contribution in [2.45, 2.75) is 6.92 Å². The van der Waals surface area contributed by atoms with Gasteiger partial charge in [-0.25, -0.2) is 0 Å². The molecule has 0 aliphatic rings. The van der Waals surface area contributed by atoms with Crippen molar-refractivity contribution in [1.29, 1.82) is 0 Å². The van der Waals surface area contributed by atoms with Crippen LogP contribution in [0.4, 0.5) is 11.4 Å². The molecule has 0 saturated heterocycles. The Morgan fingerprint density at radius 2 is 1.65 bits per heavy atom. The molecule has 20 heavy (non-hydrogen) atoms. The van der Waals surface area contributed by atoms with Gasteiger partial charge in [-0.2, -0.15) is 0 Å². The zero-order valence-electron chi connectivity index (χ0n) is 11.5. The van der Waals surface area contributed by atoms with Crippen LogP contribution in [-0.4, -0.2) is 19.1 Å². The summed E-state index contributed by atoms with van der Waals surface area (Å²) in [5.41, 5.74) is 1.70. The highest BCUT2D eigenvalue weighted by molar-refractivity contribution is 5.91. The Bertz CT molecular complexity index is 529. The molecule has 0 saturated carbocycles. The van der Waals surface area contributed by atoms with E-state index in [-0.39, 0.29) is 12.5 Å². The van der Waals surface area contributed by atoms with E-state index < -0.39 is 0 Å². The number of hydrogen-bond acceptors (Lipinski definition) is 3. The van der Waals surface area contributed by atoms with Gasteiger partial charge in [0, 0.05) is 12.2 Å². The molecule has 4 heteroatoms. The zero-order valence-corrected chi connectivity index (χ0v) is 11.5. The number of rotatable bonds is 6. The first kappa shape index (κ1) is 14.1. The van der Waals surface area contributed by atoms with Crippen LogP contribution in [0.2, 0.25) is 0 Å². The molecule has 2 aromatic carbocycles. The standard InChI is InChI=1S/C16H18N2O2/c1-2-18(15-11-7-4-8-12-15)20-13-16(19)17-14-9-5-3-6-10-14/h3-12H,2,13H2,1H3,(H,17,19). The highest BCUT2D eigenvalue weighted by Crippen LogP contribution is 2.13. The van der Waals surface area contributed by atoms with Crippen LogP contribution >= 0.6 is 0 Å². The molecule has 0 unspecified atom stereocenters. The molecule has 0 aliphatic heterocycles. The molecule has 0 spiro atoms. The second kappa shape index (κ2) is 7.31. The van der Waals surface area contributed by atoms with Gasteiger partial charge in [0.25, 0.3) is 5.91 Å². The topological polar surface area (TPSA) is 41.6 Å². The number of nitrogens with zero attached hydrogens (tertiary/aromatic N) is 1. The van der Waals surface area contributed by atoms with Crippen LogP contribution in [-0.2, 0) is 9.63 Å². The second-order valence-corrected chi connectivity index (χ2v) is 4.22. The van der Waals surface area contributed by atoms with E-state index in [1.54, 1.807) is 5.06 Å². The van der Waals surface area contributed by atoms with Gasteiger partial charge in [0.05, 0.1) is 5.69 Å².